The van der Waals surface area contributed by atoms with Crippen molar-refractivity contribution in [3.8, 4) is 0 Å². The maximum atomic E-state index is 12.2. The molecule has 0 amide bonds. The van der Waals surface area contributed by atoms with E-state index in [1.807, 2.05) is 24.3 Å². The topological polar surface area (TPSA) is 84.6 Å². The van der Waals surface area contributed by atoms with Crippen LogP contribution in [0.5, 0.6) is 0 Å². The molecule has 8 nitrogen and oxygen atoms in total. The zero-order valence-electron chi connectivity index (χ0n) is 14.8. The van der Waals surface area contributed by atoms with E-state index in [9.17, 15) is 4.79 Å². The molecule has 0 atom stereocenters. The van der Waals surface area contributed by atoms with Crippen molar-refractivity contribution in [3.05, 3.63) is 41.3 Å². The first kappa shape index (κ1) is 17.5. The van der Waals surface area contributed by atoms with E-state index in [2.05, 4.69) is 24.9 Å². The normalized spacial score (nSPS) is 14.6. The van der Waals surface area contributed by atoms with Crippen LogP contribution in [0.25, 0.3) is 11.1 Å². The Labute approximate surface area is 160 Å². The molecule has 9 heteroatoms. The van der Waals surface area contributed by atoms with Crippen LogP contribution < -0.4 is 9.80 Å². The molecule has 1 aromatic carbocycles. The molecule has 0 saturated carbocycles. The van der Waals surface area contributed by atoms with E-state index in [1.54, 1.807) is 6.92 Å². The lowest BCUT2D eigenvalue weighted by Gasteiger charge is -2.36. The highest BCUT2D eigenvalue weighted by Crippen LogP contribution is 2.28. The quantitative estimate of drug-likeness (QED) is 0.632. The molecule has 27 heavy (non-hydrogen) atoms. The van der Waals surface area contributed by atoms with Crippen LogP contribution in [0, 0.1) is 0 Å². The average molecular weight is 388 g/mol. The number of hydrogen-bond acceptors (Lipinski definition) is 8. The van der Waals surface area contributed by atoms with E-state index in [0.717, 1.165) is 36.9 Å². The summed E-state index contributed by atoms with van der Waals surface area (Å²) in [6.45, 7) is 5.11. The van der Waals surface area contributed by atoms with Gasteiger partial charge in [0.25, 0.3) is 5.71 Å². The molecule has 0 aliphatic carbocycles. The Hall–Kier alpha value is -2.87. The second-order valence-electron chi connectivity index (χ2n) is 6.08. The number of piperazine rings is 1. The Morgan fingerprint density at radius 1 is 1.15 bits per heavy atom. The van der Waals surface area contributed by atoms with Gasteiger partial charge in [0.1, 0.15) is 17.5 Å². The zero-order chi connectivity index (χ0) is 18.8. The van der Waals surface area contributed by atoms with Crippen molar-refractivity contribution in [2.75, 3.05) is 42.6 Å². The highest BCUT2D eigenvalue weighted by atomic mass is 35.5. The van der Waals surface area contributed by atoms with E-state index in [4.69, 9.17) is 20.9 Å². The van der Waals surface area contributed by atoms with Crippen molar-refractivity contribution in [2.45, 2.75) is 6.92 Å². The zero-order valence-corrected chi connectivity index (χ0v) is 15.5. The van der Waals surface area contributed by atoms with Crippen molar-refractivity contribution in [1.29, 1.82) is 0 Å². The second kappa shape index (κ2) is 7.40. The molecule has 1 aliphatic heterocycles. The Balaban J connectivity index is 1.57. The predicted molar refractivity (Wildman–Crippen MR) is 101 cm³/mol. The average Bonchev–Trinajstić information content (AvgIpc) is 3.13. The summed E-state index contributed by atoms with van der Waals surface area (Å²) >= 11 is 5.97. The summed E-state index contributed by atoms with van der Waals surface area (Å²) in [6, 6.07) is 7.81. The minimum absolute atomic E-state index is 0.114. The van der Waals surface area contributed by atoms with Crippen molar-refractivity contribution >= 4 is 40.2 Å². The molecule has 2 aromatic heterocycles. The summed E-state index contributed by atoms with van der Waals surface area (Å²) in [4.78, 5) is 25.0. The molecule has 4 rings (SSSR count). The molecule has 1 saturated heterocycles. The van der Waals surface area contributed by atoms with Gasteiger partial charge in [-0.1, -0.05) is 16.8 Å². The van der Waals surface area contributed by atoms with E-state index >= 15 is 0 Å². The first-order valence-electron chi connectivity index (χ1n) is 8.70. The number of nitrogens with zero attached hydrogens (tertiary/aromatic N) is 5. The molecule has 3 aromatic rings. The summed E-state index contributed by atoms with van der Waals surface area (Å²) in [5.74, 6) is 0.104. The maximum absolute atomic E-state index is 12.2. The van der Waals surface area contributed by atoms with Gasteiger partial charge in [-0.3, -0.25) is 0 Å². The molecule has 0 radical (unpaired) electrons. The number of rotatable bonds is 4. The van der Waals surface area contributed by atoms with E-state index in [-0.39, 0.29) is 18.0 Å². The number of carbonyl (C=O) groups is 1. The number of aromatic nitrogens is 3. The lowest BCUT2D eigenvalue weighted by molar-refractivity contribution is 0.0517. The van der Waals surface area contributed by atoms with Crippen LogP contribution >= 0.6 is 11.6 Å². The van der Waals surface area contributed by atoms with Crippen LogP contribution in [-0.2, 0) is 4.74 Å². The Morgan fingerprint density at radius 3 is 2.56 bits per heavy atom. The van der Waals surface area contributed by atoms with Gasteiger partial charge in [-0.25, -0.2) is 9.78 Å². The molecule has 0 N–H and O–H groups in total. The molecule has 0 unspecified atom stereocenters. The number of halogens is 1. The summed E-state index contributed by atoms with van der Waals surface area (Å²) < 4.78 is 10.3. The molecule has 140 valence electrons. The van der Waals surface area contributed by atoms with Crippen LogP contribution in [0.15, 0.2) is 35.1 Å². The van der Waals surface area contributed by atoms with E-state index in [0.29, 0.717) is 11.2 Å². The molecule has 0 spiro atoms. The number of benzene rings is 1. The van der Waals surface area contributed by atoms with E-state index in [1.165, 1.54) is 6.33 Å². The Bertz CT molecular complexity index is 951. The monoisotopic (exact) mass is 387 g/mol. The highest BCUT2D eigenvalue weighted by molar-refractivity contribution is 6.30. The molecule has 1 fully saturated rings. The largest absolute Gasteiger partial charge is 0.461 e. The van der Waals surface area contributed by atoms with Crippen molar-refractivity contribution < 1.29 is 14.1 Å². The molecular weight excluding hydrogens is 370 g/mol. The van der Waals surface area contributed by atoms with Gasteiger partial charge in [-0.15, -0.1) is 0 Å². The lowest BCUT2D eigenvalue weighted by Crippen LogP contribution is -2.47. The number of fused-ring (bicyclic) bond motifs is 1. The Morgan fingerprint density at radius 2 is 1.85 bits per heavy atom. The second-order valence-corrected chi connectivity index (χ2v) is 6.52. The highest BCUT2D eigenvalue weighted by Gasteiger charge is 2.27. The van der Waals surface area contributed by atoms with E-state index < -0.39 is 5.97 Å². The smallest absolute Gasteiger partial charge is 0.361 e. The molecular formula is C18H18ClN5O3. The number of hydrogen-bond donors (Lipinski definition) is 0. The maximum Gasteiger partial charge on any atom is 0.361 e. The van der Waals surface area contributed by atoms with Gasteiger partial charge in [0.15, 0.2) is 0 Å². The van der Waals surface area contributed by atoms with Crippen LogP contribution in [-0.4, -0.2) is 53.9 Å². The third-order valence-electron chi connectivity index (χ3n) is 4.49. The van der Waals surface area contributed by atoms with Gasteiger partial charge in [-0.05, 0) is 31.2 Å². The van der Waals surface area contributed by atoms with Crippen LogP contribution in [0.4, 0.5) is 11.5 Å². The number of carbonyl (C=O) groups excluding carboxylic acids is 1. The van der Waals surface area contributed by atoms with Gasteiger partial charge < -0.3 is 19.1 Å². The number of anilines is 2. The third-order valence-corrected chi connectivity index (χ3v) is 4.74. The number of ether oxygens (including phenoxy) is 1. The minimum Gasteiger partial charge on any atom is -0.461 e. The third kappa shape index (κ3) is 3.40. The Kier molecular flexibility index (Phi) is 4.81. The van der Waals surface area contributed by atoms with Gasteiger partial charge >= 0.3 is 5.97 Å². The lowest BCUT2D eigenvalue weighted by atomic mass is 10.2. The first-order chi connectivity index (χ1) is 13.2. The van der Waals surface area contributed by atoms with Crippen molar-refractivity contribution in [3.63, 3.8) is 0 Å². The van der Waals surface area contributed by atoms with Crippen molar-refractivity contribution in [2.24, 2.45) is 0 Å². The summed E-state index contributed by atoms with van der Waals surface area (Å²) in [5.41, 5.74) is 1.52. The SMILES string of the molecule is CCOC(=O)c1noc2ncnc(N3CCN(c4ccc(Cl)cc4)CC3)c12. The standard InChI is InChI=1S/C18H18ClN5O3/c1-2-26-18(25)15-14-16(20-11-21-17(14)27-22-15)24-9-7-23(8-10-24)13-5-3-12(19)4-6-13/h3-6,11H,2,7-10H2,1H3. The summed E-state index contributed by atoms with van der Waals surface area (Å²) in [6.07, 6.45) is 1.42. The summed E-state index contributed by atoms with van der Waals surface area (Å²) in [7, 11) is 0. The summed E-state index contributed by atoms with van der Waals surface area (Å²) in [5, 5.41) is 5.06. The molecule has 0 bridgehead atoms. The van der Waals surface area contributed by atoms with Gasteiger partial charge in [0, 0.05) is 36.9 Å². The molecule has 1 aliphatic rings. The van der Waals surface area contributed by atoms with Crippen LogP contribution in [0.1, 0.15) is 17.4 Å². The predicted octanol–water partition coefficient (Wildman–Crippen LogP) is 2.77. The van der Waals surface area contributed by atoms with Gasteiger partial charge in [-0.2, -0.15) is 4.98 Å². The minimum atomic E-state index is -0.535. The first-order valence-corrected chi connectivity index (χ1v) is 9.08. The van der Waals surface area contributed by atoms with Crippen molar-refractivity contribution in [1.82, 2.24) is 15.1 Å². The molecule has 3 heterocycles. The fourth-order valence-corrected chi connectivity index (χ4v) is 3.30. The number of esters is 1. The van der Waals surface area contributed by atoms with Gasteiger partial charge in [0.2, 0.25) is 5.69 Å². The van der Waals surface area contributed by atoms with Crippen LogP contribution in [0.3, 0.4) is 0 Å². The van der Waals surface area contributed by atoms with Crippen LogP contribution in [0.2, 0.25) is 5.02 Å². The fourth-order valence-electron chi connectivity index (χ4n) is 3.18. The van der Waals surface area contributed by atoms with Gasteiger partial charge in [0.05, 0.1) is 6.61 Å². The fraction of sp³-hybridized carbons (Fsp3) is 0.333.